The summed E-state index contributed by atoms with van der Waals surface area (Å²) < 4.78 is 5.65. The Morgan fingerprint density at radius 3 is 2.95 bits per heavy atom. The molecule has 1 aromatic heterocycles. The summed E-state index contributed by atoms with van der Waals surface area (Å²) in [4.78, 5) is 12.8. The van der Waals surface area contributed by atoms with Crippen LogP contribution in [0.1, 0.15) is 15.2 Å². The van der Waals surface area contributed by atoms with Crippen molar-refractivity contribution in [3.63, 3.8) is 0 Å². The molecule has 2 aromatic rings. The second kappa shape index (κ2) is 6.24. The highest BCUT2D eigenvalue weighted by Crippen LogP contribution is 2.23. The number of nitrogen functional groups attached to an aromatic ring is 1. The van der Waals surface area contributed by atoms with Crippen molar-refractivity contribution < 1.29 is 9.53 Å². The van der Waals surface area contributed by atoms with E-state index < -0.39 is 0 Å². The molecule has 1 amide bonds. The van der Waals surface area contributed by atoms with E-state index in [1.165, 1.54) is 4.88 Å². The second-order valence-electron chi connectivity index (χ2n) is 4.01. The highest BCUT2D eigenvalue weighted by molar-refractivity contribution is 7.09. The van der Waals surface area contributed by atoms with Crippen molar-refractivity contribution in [2.45, 2.75) is 6.42 Å². The number of nitrogens with two attached hydrogens (primary N) is 1. The predicted molar refractivity (Wildman–Crippen MR) is 77.8 cm³/mol. The van der Waals surface area contributed by atoms with Crippen LogP contribution in [0.15, 0.2) is 35.7 Å². The lowest BCUT2D eigenvalue weighted by Crippen LogP contribution is -2.18. The molecule has 0 fully saturated rings. The monoisotopic (exact) mass is 276 g/mol. The van der Waals surface area contributed by atoms with Gasteiger partial charge in [-0.15, -0.1) is 11.3 Å². The van der Waals surface area contributed by atoms with E-state index in [0.29, 0.717) is 23.6 Å². The zero-order valence-electron chi connectivity index (χ0n) is 10.7. The van der Waals surface area contributed by atoms with Crippen molar-refractivity contribution in [3.8, 4) is 5.75 Å². The Labute approximate surface area is 116 Å². The zero-order chi connectivity index (χ0) is 13.7. The lowest BCUT2D eigenvalue weighted by Gasteiger charge is -2.10. The number of nitrogens with one attached hydrogen (secondary N) is 1. The third kappa shape index (κ3) is 3.48. The fourth-order valence-electron chi connectivity index (χ4n) is 1.66. The smallest absolute Gasteiger partial charge is 0.251 e. The van der Waals surface area contributed by atoms with Gasteiger partial charge in [-0.1, -0.05) is 6.07 Å². The summed E-state index contributed by atoms with van der Waals surface area (Å²) in [5.41, 5.74) is 6.92. The van der Waals surface area contributed by atoms with Gasteiger partial charge in [-0.2, -0.15) is 0 Å². The van der Waals surface area contributed by atoms with Gasteiger partial charge in [0.05, 0.1) is 12.3 Å². The molecule has 0 saturated carbocycles. The van der Waals surface area contributed by atoms with Crippen LogP contribution in [0.2, 0.25) is 0 Å². The molecular formula is C14H16N2O2S. The summed E-state index contributed by atoms with van der Waals surface area (Å²) in [7, 11) is 1.59. The summed E-state index contributed by atoms with van der Waals surface area (Å²) in [5.74, 6) is 0.403. The number of carbonyl (C=O) groups is 1. The van der Waals surface area contributed by atoms with Crippen molar-refractivity contribution in [1.29, 1.82) is 0 Å². The molecule has 5 heteroatoms. The molecule has 0 bridgehead atoms. The number of thiophene rings is 1. The van der Waals surface area contributed by atoms with Crippen molar-refractivity contribution in [3.05, 3.63) is 46.2 Å². The van der Waals surface area contributed by atoms with Crippen LogP contribution < -0.4 is 15.8 Å². The number of ether oxygens (including phenoxy) is 1. The number of carbonyl (C=O) groups excluding carboxylic acids is 1. The van der Waals surface area contributed by atoms with Crippen molar-refractivity contribution >= 4 is 22.9 Å². The van der Waals surface area contributed by atoms with Gasteiger partial charge in [-0.3, -0.25) is 4.79 Å². The van der Waals surface area contributed by atoms with Gasteiger partial charge in [0, 0.05) is 23.9 Å². The maximum atomic E-state index is 11.5. The van der Waals surface area contributed by atoms with Crippen molar-refractivity contribution in [2.75, 3.05) is 19.4 Å². The first-order valence-corrected chi connectivity index (χ1v) is 6.85. The first-order chi connectivity index (χ1) is 9.20. The second-order valence-corrected chi connectivity index (χ2v) is 5.04. The average molecular weight is 276 g/mol. The predicted octanol–water partition coefficient (Wildman–Crippen LogP) is 2.31. The summed E-state index contributed by atoms with van der Waals surface area (Å²) in [5, 5.41) is 4.61. The maximum Gasteiger partial charge on any atom is 0.251 e. The largest absolute Gasteiger partial charge is 0.491 e. The number of rotatable bonds is 5. The van der Waals surface area contributed by atoms with Crippen LogP contribution in [0.4, 0.5) is 5.69 Å². The van der Waals surface area contributed by atoms with E-state index in [2.05, 4.69) is 11.4 Å². The zero-order valence-corrected chi connectivity index (χ0v) is 11.5. The third-order valence-corrected chi connectivity index (χ3v) is 3.63. The highest BCUT2D eigenvalue weighted by atomic mass is 32.1. The number of hydrogen-bond acceptors (Lipinski definition) is 4. The van der Waals surface area contributed by atoms with E-state index in [9.17, 15) is 4.79 Å². The summed E-state index contributed by atoms with van der Waals surface area (Å²) in [6.45, 7) is 0.544. The van der Waals surface area contributed by atoms with Gasteiger partial charge in [0.2, 0.25) is 0 Å². The lowest BCUT2D eigenvalue weighted by atomic mass is 10.2. The number of benzene rings is 1. The molecule has 3 N–H and O–H groups in total. The molecule has 0 atom stereocenters. The summed E-state index contributed by atoms with van der Waals surface area (Å²) in [6, 6.07) is 9.12. The molecule has 0 unspecified atom stereocenters. The van der Waals surface area contributed by atoms with E-state index in [4.69, 9.17) is 10.5 Å². The molecule has 100 valence electrons. The molecule has 4 nitrogen and oxygen atoms in total. The number of hydrogen-bond donors (Lipinski definition) is 2. The molecule has 0 spiro atoms. The van der Waals surface area contributed by atoms with E-state index in [1.54, 1.807) is 36.6 Å². The Bertz CT molecular complexity index is 553. The summed E-state index contributed by atoms with van der Waals surface area (Å²) >= 11 is 1.70. The first kappa shape index (κ1) is 13.4. The van der Waals surface area contributed by atoms with Crippen molar-refractivity contribution in [2.24, 2.45) is 0 Å². The Kier molecular flexibility index (Phi) is 4.41. The fourth-order valence-corrected chi connectivity index (χ4v) is 2.35. The van der Waals surface area contributed by atoms with Crippen LogP contribution in [0, 0.1) is 0 Å². The maximum absolute atomic E-state index is 11.5. The SMILES string of the molecule is CNC(=O)c1ccc(N)c(OCCc2cccs2)c1. The van der Waals surface area contributed by atoms with Crippen LogP contribution in [-0.4, -0.2) is 19.6 Å². The minimum absolute atomic E-state index is 0.150. The molecule has 0 saturated heterocycles. The molecule has 1 heterocycles. The van der Waals surface area contributed by atoms with Gasteiger partial charge in [-0.25, -0.2) is 0 Å². The minimum atomic E-state index is -0.150. The van der Waals surface area contributed by atoms with Crippen LogP contribution in [0.25, 0.3) is 0 Å². The van der Waals surface area contributed by atoms with Gasteiger partial charge in [0.25, 0.3) is 5.91 Å². The molecule has 0 radical (unpaired) electrons. The Hall–Kier alpha value is -2.01. The highest BCUT2D eigenvalue weighted by Gasteiger charge is 2.07. The van der Waals surface area contributed by atoms with Gasteiger partial charge in [0.1, 0.15) is 5.75 Å². The molecule has 0 aliphatic rings. The molecule has 0 aliphatic heterocycles. The van der Waals surface area contributed by atoms with Crippen LogP contribution in [0.5, 0.6) is 5.75 Å². The molecule has 19 heavy (non-hydrogen) atoms. The van der Waals surface area contributed by atoms with Gasteiger partial charge in [0.15, 0.2) is 0 Å². The minimum Gasteiger partial charge on any atom is -0.491 e. The topological polar surface area (TPSA) is 64.4 Å². The number of amides is 1. The van der Waals surface area contributed by atoms with E-state index in [-0.39, 0.29) is 5.91 Å². The molecule has 2 rings (SSSR count). The fraction of sp³-hybridized carbons (Fsp3) is 0.214. The molecular weight excluding hydrogens is 260 g/mol. The van der Waals surface area contributed by atoms with Gasteiger partial charge < -0.3 is 15.8 Å². The standard InChI is InChI=1S/C14H16N2O2S/c1-16-14(17)10-4-5-12(15)13(9-10)18-7-6-11-3-2-8-19-11/h2-5,8-9H,6-7,15H2,1H3,(H,16,17). The number of anilines is 1. The van der Waals surface area contributed by atoms with Crippen LogP contribution in [-0.2, 0) is 6.42 Å². The lowest BCUT2D eigenvalue weighted by molar-refractivity contribution is 0.0962. The first-order valence-electron chi connectivity index (χ1n) is 5.97. The quantitative estimate of drug-likeness (QED) is 0.824. The van der Waals surface area contributed by atoms with E-state index in [1.807, 2.05) is 11.4 Å². The molecule has 1 aromatic carbocycles. The third-order valence-electron chi connectivity index (χ3n) is 2.69. The Morgan fingerprint density at radius 1 is 1.42 bits per heavy atom. The average Bonchev–Trinajstić information content (AvgIpc) is 2.93. The van der Waals surface area contributed by atoms with E-state index >= 15 is 0 Å². The van der Waals surface area contributed by atoms with Crippen LogP contribution in [0.3, 0.4) is 0 Å². The van der Waals surface area contributed by atoms with Gasteiger partial charge >= 0.3 is 0 Å². The van der Waals surface area contributed by atoms with Crippen molar-refractivity contribution in [1.82, 2.24) is 5.32 Å². The Balaban J connectivity index is 2.00. The Morgan fingerprint density at radius 2 is 2.26 bits per heavy atom. The molecule has 0 aliphatic carbocycles. The summed E-state index contributed by atoms with van der Waals surface area (Å²) in [6.07, 6.45) is 0.835. The normalized spacial score (nSPS) is 10.2. The van der Waals surface area contributed by atoms with Crippen LogP contribution >= 0.6 is 11.3 Å². The van der Waals surface area contributed by atoms with E-state index in [0.717, 1.165) is 6.42 Å². The van der Waals surface area contributed by atoms with Gasteiger partial charge in [-0.05, 0) is 29.6 Å².